The van der Waals surface area contributed by atoms with Gasteiger partial charge < -0.3 is 14.6 Å². The Hall–Kier alpha value is 0.270. The molecule has 0 bridgehead atoms. The monoisotopic (exact) mass is 140 g/mol. The van der Waals surface area contributed by atoms with E-state index in [4.69, 9.17) is 0 Å². The Morgan fingerprint density at radius 2 is 1.78 bits per heavy atom. The number of rotatable bonds is 0. The normalized spacial score (nSPS) is 9.67. The van der Waals surface area contributed by atoms with Gasteiger partial charge in [0.15, 0.2) is 0 Å². The molecule has 0 aromatic rings. The first kappa shape index (κ1) is 12.0. The minimum absolute atomic E-state index is 0. The summed E-state index contributed by atoms with van der Waals surface area (Å²) in [6, 6.07) is 0. The van der Waals surface area contributed by atoms with E-state index in [0.717, 1.165) is 0 Å². The Morgan fingerprint density at radius 1 is 1.44 bits per heavy atom. The van der Waals surface area contributed by atoms with Gasteiger partial charge in [0.1, 0.15) is 0 Å². The van der Waals surface area contributed by atoms with Crippen LogP contribution in [0.4, 0.5) is 4.79 Å². The quantitative estimate of drug-likeness (QED) is 0.269. The van der Waals surface area contributed by atoms with Crippen molar-refractivity contribution in [1.29, 1.82) is 0 Å². The van der Waals surface area contributed by atoms with E-state index >= 15 is 0 Å². The maximum atomic E-state index is 9.68. The predicted molar refractivity (Wildman–Crippen MR) is 26.2 cm³/mol. The summed E-state index contributed by atoms with van der Waals surface area (Å²) in [5.74, 6) is 0. The van der Waals surface area contributed by atoms with Crippen molar-refractivity contribution >= 4 is 6.16 Å². The molecule has 0 radical (unpaired) electrons. The van der Waals surface area contributed by atoms with Gasteiger partial charge in [0.25, 0.3) is 6.16 Å². The molecule has 0 saturated heterocycles. The summed E-state index contributed by atoms with van der Waals surface area (Å²) < 4.78 is 4.24. The van der Waals surface area contributed by atoms with Crippen LogP contribution in [0.1, 0.15) is 20.8 Å². The van der Waals surface area contributed by atoms with Crippen molar-refractivity contribution in [2.45, 2.75) is 26.4 Å². The third kappa shape index (κ3) is 11.7. The number of carboxylic acid groups (broad SMARTS) is 1. The van der Waals surface area contributed by atoms with Gasteiger partial charge in [-0.05, 0) is 20.8 Å². The van der Waals surface area contributed by atoms with E-state index in [1.807, 2.05) is 0 Å². The number of carbonyl (C=O) groups is 1. The van der Waals surface area contributed by atoms with Crippen LogP contribution in [0.15, 0.2) is 0 Å². The van der Waals surface area contributed by atoms with Crippen molar-refractivity contribution in [3.63, 3.8) is 0 Å². The van der Waals surface area contributed by atoms with Crippen molar-refractivity contribution in [3.8, 4) is 0 Å². The van der Waals surface area contributed by atoms with Crippen LogP contribution in [0.25, 0.3) is 0 Å². The summed E-state index contributed by atoms with van der Waals surface area (Å²) in [5, 5.41) is 9.68. The molecule has 0 aliphatic heterocycles. The van der Waals surface area contributed by atoms with E-state index in [1.165, 1.54) is 0 Å². The maximum Gasteiger partial charge on any atom is 1.00 e. The molecule has 4 heteroatoms. The summed E-state index contributed by atoms with van der Waals surface area (Å²) in [4.78, 5) is 9.68. The van der Waals surface area contributed by atoms with Gasteiger partial charge in [-0.1, -0.05) is 0 Å². The molecule has 0 aliphatic carbocycles. The third-order valence-electron chi connectivity index (χ3n) is 0.390. The molecular weight excluding hydrogens is 131 g/mol. The van der Waals surface area contributed by atoms with E-state index in [2.05, 4.69) is 4.74 Å². The van der Waals surface area contributed by atoms with Crippen LogP contribution in [0, 0.1) is 0 Å². The molecule has 0 unspecified atom stereocenters. The summed E-state index contributed by atoms with van der Waals surface area (Å²) in [7, 11) is 0. The predicted octanol–water partition coefficient (Wildman–Crippen LogP) is -2.85. The van der Waals surface area contributed by atoms with Crippen molar-refractivity contribution < 1.29 is 44.2 Å². The van der Waals surface area contributed by atoms with Gasteiger partial charge in [0.2, 0.25) is 0 Å². The molecule has 3 nitrogen and oxygen atoms in total. The molecular formula is C5H9NaO3. The molecule has 48 valence electrons. The Labute approximate surface area is 76.7 Å². The number of hydrogen-bond acceptors (Lipinski definition) is 3. The van der Waals surface area contributed by atoms with Crippen LogP contribution in [0.3, 0.4) is 0 Å². The second-order valence-corrected chi connectivity index (χ2v) is 2.46. The summed E-state index contributed by atoms with van der Waals surface area (Å²) in [6.45, 7) is 4.92. The minimum atomic E-state index is -1.47. The maximum absolute atomic E-state index is 9.68. The van der Waals surface area contributed by atoms with Crippen LogP contribution in [-0.4, -0.2) is 11.8 Å². The first-order chi connectivity index (χ1) is 3.42. The number of hydrogen-bond donors (Lipinski definition) is 0. The molecule has 0 amide bonds. The number of carbonyl (C=O) groups excluding carboxylic acids is 1. The zero-order valence-corrected chi connectivity index (χ0v) is 8.22. The third-order valence-corrected chi connectivity index (χ3v) is 0.390. The molecule has 0 saturated carbocycles. The van der Waals surface area contributed by atoms with E-state index < -0.39 is 11.8 Å². The molecule has 0 atom stereocenters. The molecule has 9 heavy (non-hydrogen) atoms. The zero-order chi connectivity index (χ0) is 6.78. The van der Waals surface area contributed by atoms with Crippen LogP contribution in [0.5, 0.6) is 0 Å². The topological polar surface area (TPSA) is 49.4 Å². The fourth-order valence-corrected chi connectivity index (χ4v) is 0.250. The van der Waals surface area contributed by atoms with Crippen LogP contribution in [-0.2, 0) is 4.74 Å². The van der Waals surface area contributed by atoms with Crippen molar-refractivity contribution in [2.75, 3.05) is 0 Å². The van der Waals surface area contributed by atoms with Gasteiger partial charge in [-0.3, -0.25) is 0 Å². The Kier molecular flexibility index (Phi) is 5.52. The standard InChI is InChI=1S/C5H10O3.Na/c1-5(2,3)8-4(6)7;/h1-3H3,(H,6,7);/q;+1/p-1. The second-order valence-electron chi connectivity index (χ2n) is 2.46. The van der Waals surface area contributed by atoms with Gasteiger partial charge >= 0.3 is 29.6 Å². The van der Waals surface area contributed by atoms with Crippen molar-refractivity contribution in [1.82, 2.24) is 0 Å². The van der Waals surface area contributed by atoms with Gasteiger partial charge in [-0.15, -0.1) is 0 Å². The molecule has 0 aromatic carbocycles. The van der Waals surface area contributed by atoms with E-state index in [-0.39, 0.29) is 29.6 Å². The second kappa shape index (κ2) is 4.14. The summed E-state index contributed by atoms with van der Waals surface area (Å²) in [5.41, 5.74) is -0.640. The van der Waals surface area contributed by atoms with Crippen LogP contribution < -0.4 is 34.7 Å². The molecule has 0 N–H and O–H groups in total. The van der Waals surface area contributed by atoms with E-state index in [9.17, 15) is 9.90 Å². The Morgan fingerprint density at radius 3 is 1.78 bits per heavy atom. The van der Waals surface area contributed by atoms with Crippen molar-refractivity contribution in [3.05, 3.63) is 0 Å². The van der Waals surface area contributed by atoms with Gasteiger partial charge in [-0.2, -0.15) is 0 Å². The van der Waals surface area contributed by atoms with E-state index in [0.29, 0.717) is 0 Å². The largest absolute Gasteiger partial charge is 1.00 e. The average molecular weight is 140 g/mol. The number of ether oxygens (including phenoxy) is 1. The smallest absolute Gasteiger partial charge is 0.544 e. The first-order valence-electron chi connectivity index (χ1n) is 2.32. The summed E-state index contributed by atoms with van der Waals surface area (Å²) in [6.07, 6.45) is -1.47. The molecule has 0 rings (SSSR count). The molecule has 0 spiro atoms. The van der Waals surface area contributed by atoms with Crippen molar-refractivity contribution in [2.24, 2.45) is 0 Å². The molecule has 0 aromatic heterocycles. The van der Waals surface area contributed by atoms with Gasteiger partial charge in [-0.25, -0.2) is 0 Å². The van der Waals surface area contributed by atoms with Crippen LogP contribution >= 0.6 is 0 Å². The Bertz CT molecular complexity index is 94.9. The van der Waals surface area contributed by atoms with Crippen LogP contribution in [0.2, 0.25) is 0 Å². The van der Waals surface area contributed by atoms with Gasteiger partial charge in [0, 0.05) is 5.60 Å². The average Bonchev–Trinajstić information content (AvgIpc) is 1.21. The molecule has 0 aliphatic rings. The van der Waals surface area contributed by atoms with E-state index in [1.54, 1.807) is 20.8 Å². The summed E-state index contributed by atoms with van der Waals surface area (Å²) >= 11 is 0. The Balaban J connectivity index is 0. The SMILES string of the molecule is CC(C)(C)OC(=O)[O-].[Na+]. The first-order valence-corrected chi connectivity index (χ1v) is 2.32. The zero-order valence-electron chi connectivity index (χ0n) is 6.22. The minimum Gasteiger partial charge on any atom is -0.544 e. The van der Waals surface area contributed by atoms with Gasteiger partial charge in [0.05, 0.1) is 0 Å². The molecule has 0 heterocycles. The fraction of sp³-hybridized carbons (Fsp3) is 0.800. The molecule has 0 fully saturated rings. The fourth-order valence-electron chi connectivity index (χ4n) is 0.250.